The number of hydrogen-bond donors (Lipinski definition) is 1. The number of hydrogen-bond acceptors (Lipinski definition) is 7. The predicted octanol–water partition coefficient (Wildman–Crippen LogP) is 5.80. The molecular formula is C31H33NO7. The zero-order valence-electron chi connectivity index (χ0n) is 22.4. The third-order valence-electron chi connectivity index (χ3n) is 6.95. The molecule has 0 bridgehead atoms. The van der Waals surface area contributed by atoms with Crippen molar-refractivity contribution < 1.29 is 33.3 Å². The van der Waals surface area contributed by atoms with Crippen molar-refractivity contribution in [2.24, 2.45) is 0 Å². The average molecular weight is 532 g/mol. The Kier molecular flexibility index (Phi) is 7.63. The summed E-state index contributed by atoms with van der Waals surface area (Å²) in [5.74, 6) is 0.684. The van der Waals surface area contributed by atoms with Gasteiger partial charge in [-0.2, -0.15) is 0 Å². The van der Waals surface area contributed by atoms with Gasteiger partial charge in [-0.25, -0.2) is 0 Å². The molecule has 3 aromatic rings. The fraction of sp³-hybridized carbons (Fsp3) is 0.355. The first-order chi connectivity index (χ1) is 18.9. The number of amides is 1. The summed E-state index contributed by atoms with van der Waals surface area (Å²) in [7, 11) is 0. The largest absolute Gasteiger partial charge is 0.507 e. The number of ether oxygens (including phenoxy) is 3. The highest BCUT2D eigenvalue weighted by molar-refractivity contribution is 6.46. The second kappa shape index (κ2) is 11.3. The number of carbonyl (C=O) groups excluding carboxylic acids is 2. The maximum atomic E-state index is 13.5. The molecule has 204 valence electrons. The lowest BCUT2D eigenvalue weighted by atomic mass is 9.94. The molecule has 2 aliphatic heterocycles. The lowest BCUT2D eigenvalue weighted by molar-refractivity contribution is -0.140. The van der Waals surface area contributed by atoms with Gasteiger partial charge in [0.05, 0.1) is 37.6 Å². The van der Waals surface area contributed by atoms with E-state index in [9.17, 15) is 14.7 Å². The standard InChI is InChI=1S/C31H33NO7/c1-4-6-13-38-25-12-9-20(17-26(25)36-5-2)28-27(30(34)31(35)32(28)18-23-8-7-14-37-23)29(33)21-10-11-24-22(16-21)15-19(3)39-24/h7-12,14,16-17,19,28,33H,4-6,13,15,18H2,1-3H3/b29-27+/t19-,28-/m0/s1. The van der Waals surface area contributed by atoms with Crippen molar-refractivity contribution >= 4 is 17.4 Å². The van der Waals surface area contributed by atoms with Crippen LogP contribution in [0.4, 0.5) is 0 Å². The van der Waals surface area contributed by atoms with E-state index in [0.29, 0.717) is 48.0 Å². The van der Waals surface area contributed by atoms with Crippen LogP contribution in [-0.4, -0.2) is 41.0 Å². The monoisotopic (exact) mass is 531 g/mol. The topological polar surface area (TPSA) is 98.4 Å². The quantitative estimate of drug-likeness (QED) is 0.153. The number of carbonyl (C=O) groups is 2. The average Bonchev–Trinajstić information content (AvgIpc) is 3.63. The van der Waals surface area contributed by atoms with Gasteiger partial charge in [0.15, 0.2) is 11.5 Å². The molecule has 0 spiro atoms. The number of aliphatic hydroxyl groups excluding tert-OH is 1. The van der Waals surface area contributed by atoms with Crippen molar-refractivity contribution in [3.8, 4) is 17.2 Å². The summed E-state index contributed by atoms with van der Waals surface area (Å²) in [5.41, 5.74) is 2.03. The summed E-state index contributed by atoms with van der Waals surface area (Å²) in [4.78, 5) is 28.2. The molecule has 5 rings (SSSR count). The van der Waals surface area contributed by atoms with Crippen molar-refractivity contribution in [2.75, 3.05) is 13.2 Å². The Morgan fingerprint density at radius 1 is 1.08 bits per heavy atom. The van der Waals surface area contributed by atoms with Gasteiger partial charge in [-0.3, -0.25) is 9.59 Å². The number of rotatable bonds is 10. The number of benzene rings is 2. The van der Waals surface area contributed by atoms with Gasteiger partial charge < -0.3 is 28.6 Å². The molecule has 1 N–H and O–H groups in total. The molecule has 8 heteroatoms. The highest BCUT2D eigenvalue weighted by Crippen LogP contribution is 2.43. The summed E-state index contributed by atoms with van der Waals surface area (Å²) in [5, 5.41) is 11.5. The Hall–Kier alpha value is -4.20. The molecule has 2 atom stereocenters. The van der Waals surface area contributed by atoms with Crippen molar-refractivity contribution in [1.29, 1.82) is 0 Å². The Bertz CT molecular complexity index is 1390. The first-order valence-corrected chi connectivity index (χ1v) is 13.4. The highest BCUT2D eigenvalue weighted by Gasteiger charge is 2.46. The van der Waals surface area contributed by atoms with E-state index >= 15 is 0 Å². The number of unbranched alkanes of at least 4 members (excludes halogenated alkanes) is 1. The lowest BCUT2D eigenvalue weighted by Gasteiger charge is -2.25. The van der Waals surface area contributed by atoms with Crippen LogP contribution in [0.2, 0.25) is 0 Å². The number of ketones is 1. The molecule has 2 aliphatic rings. The Morgan fingerprint density at radius 3 is 2.67 bits per heavy atom. The SMILES string of the molecule is CCCCOc1ccc([C@H]2/C(=C(\O)c3ccc4c(c3)C[C@H](C)O4)C(=O)C(=O)N2Cc2ccco2)cc1OCC. The second-order valence-corrected chi connectivity index (χ2v) is 9.80. The van der Waals surface area contributed by atoms with Crippen LogP contribution in [0.3, 0.4) is 0 Å². The molecular weight excluding hydrogens is 498 g/mol. The minimum absolute atomic E-state index is 0.0144. The van der Waals surface area contributed by atoms with Gasteiger partial charge in [0.25, 0.3) is 11.7 Å². The summed E-state index contributed by atoms with van der Waals surface area (Å²) in [6.45, 7) is 6.97. The minimum atomic E-state index is -0.859. The molecule has 3 heterocycles. The van der Waals surface area contributed by atoms with E-state index in [1.165, 1.54) is 11.2 Å². The number of Topliss-reactive ketones (excluding diaryl/α,β-unsaturated/α-hetero) is 1. The van der Waals surface area contributed by atoms with Crippen molar-refractivity contribution in [3.05, 3.63) is 82.8 Å². The third-order valence-corrected chi connectivity index (χ3v) is 6.95. The van der Waals surface area contributed by atoms with Gasteiger partial charge in [-0.15, -0.1) is 0 Å². The van der Waals surface area contributed by atoms with E-state index in [1.807, 2.05) is 19.9 Å². The van der Waals surface area contributed by atoms with E-state index in [-0.39, 0.29) is 24.0 Å². The van der Waals surface area contributed by atoms with Gasteiger partial charge in [0.2, 0.25) is 0 Å². The van der Waals surface area contributed by atoms with Crippen LogP contribution in [0.1, 0.15) is 62.1 Å². The normalized spacial score (nSPS) is 19.7. The van der Waals surface area contributed by atoms with Gasteiger partial charge >= 0.3 is 0 Å². The maximum absolute atomic E-state index is 13.5. The van der Waals surface area contributed by atoms with E-state index in [1.54, 1.807) is 42.5 Å². The molecule has 0 aliphatic carbocycles. The first-order valence-electron chi connectivity index (χ1n) is 13.4. The highest BCUT2D eigenvalue weighted by atomic mass is 16.5. The molecule has 1 saturated heterocycles. The van der Waals surface area contributed by atoms with Crippen molar-refractivity contribution in [1.82, 2.24) is 4.90 Å². The van der Waals surface area contributed by atoms with E-state index in [0.717, 1.165) is 24.2 Å². The predicted molar refractivity (Wildman–Crippen MR) is 145 cm³/mol. The number of fused-ring (bicyclic) bond motifs is 1. The van der Waals surface area contributed by atoms with Crippen LogP contribution in [0, 0.1) is 0 Å². The molecule has 1 aromatic heterocycles. The molecule has 0 saturated carbocycles. The van der Waals surface area contributed by atoms with Crippen LogP contribution in [0.5, 0.6) is 17.2 Å². The number of furan rings is 1. The van der Waals surface area contributed by atoms with Gasteiger partial charge in [-0.05, 0) is 73.9 Å². The Labute approximate surface area is 227 Å². The number of aliphatic hydroxyl groups is 1. The number of nitrogens with zero attached hydrogens (tertiary/aromatic N) is 1. The minimum Gasteiger partial charge on any atom is -0.507 e. The third kappa shape index (κ3) is 5.24. The van der Waals surface area contributed by atoms with E-state index in [4.69, 9.17) is 18.6 Å². The summed E-state index contributed by atoms with van der Waals surface area (Å²) < 4.78 is 23.1. The van der Waals surface area contributed by atoms with Crippen LogP contribution >= 0.6 is 0 Å². The first kappa shape index (κ1) is 26.4. The summed E-state index contributed by atoms with van der Waals surface area (Å²) >= 11 is 0. The Balaban J connectivity index is 1.60. The van der Waals surface area contributed by atoms with Crippen LogP contribution in [-0.2, 0) is 22.6 Å². The van der Waals surface area contributed by atoms with Crippen molar-refractivity contribution in [3.63, 3.8) is 0 Å². The fourth-order valence-electron chi connectivity index (χ4n) is 5.09. The van der Waals surface area contributed by atoms with Crippen LogP contribution in [0.15, 0.2) is 64.8 Å². The Morgan fingerprint density at radius 2 is 1.92 bits per heavy atom. The van der Waals surface area contributed by atoms with Gasteiger partial charge in [0.1, 0.15) is 23.4 Å². The van der Waals surface area contributed by atoms with Gasteiger partial charge in [0, 0.05) is 12.0 Å². The van der Waals surface area contributed by atoms with Crippen LogP contribution in [0.25, 0.3) is 5.76 Å². The molecule has 0 radical (unpaired) electrons. The van der Waals surface area contributed by atoms with E-state index < -0.39 is 17.7 Å². The number of likely N-dealkylation sites (tertiary alicyclic amines) is 1. The zero-order valence-corrected chi connectivity index (χ0v) is 22.4. The molecule has 8 nitrogen and oxygen atoms in total. The van der Waals surface area contributed by atoms with Gasteiger partial charge in [-0.1, -0.05) is 19.4 Å². The molecule has 0 unspecified atom stereocenters. The molecule has 1 amide bonds. The summed E-state index contributed by atoms with van der Waals surface area (Å²) in [6, 6.07) is 13.3. The smallest absolute Gasteiger partial charge is 0.296 e. The molecule has 39 heavy (non-hydrogen) atoms. The summed E-state index contributed by atoms with van der Waals surface area (Å²) in [6.07, 6.45) is 4.15. The van der Waals surface area contributed by atoms with Crippen LogP contribution < -0.4 is 14.2 Å². The van der Waals surface area contributed by atoms with Crippen molar-refractivity contribution in [2.45, 2.75) is 58.7 Å². The van der Waals surface area contributed by atoms with E-state index in [2.05, 4.69) is 6.92 Å². The zero-order chi connectivity index (χ0) is 27.5. The second-order valence-electron chi connectivity index (χ2n) is 9.80. The fourth-order valence-corrected chi connectivity index (χ4v) is 5.09. The molecule has 1 fully saturated rings. The maximum Gasteiger partial charge on any atom is 0.296 e. The lowest BCUT2D eigenvalue weighted by Crippen LogP contribution is -2.29. The molecule has 2 aromatic carbocycles.